The molecule has 45 heavy (non-hydrogen) atoms. The van der Waals surface area contributed by atoms with Gasteiger partial charge in [-0.2, -0.15) is 0 Å². The first kappa shape index (κ1) is 38.4. The number of aliphatic carboxylic acids is 1. The summed E-state index contributed by atoms with van der Waals surface area (Å²) in [4.78, 5) is 86.6. The van der Waals surface area contributed by atoms with E-state index in [1.54, 1.807) is 44.2 Å². The number of aliphatic hydroxyl groups excluding tert-OH is 1. The molecule has 4 amide bonds. The fourth-order valence-electron chi connectivity index (χ4n) is 3.93. The molecule has 0 aliphatic rings. The monoisotopic (exact) mass is 640 g/mol. The van der Waals surface area contributed by atoms with E-state index < -0.39 is 97.7 Å². The third-order valence-corrected chi connectivity index (χ3v) is 6.31. The molecule has 0 bridgehead atoms. The van der Waals surface area contributed by atoms with Crippen LogP contribution in [0.25, 0.3) is 0 Å². The number of carboxylic acids is 1. The van der Waals surface area contributed by atoms with Crippen LogP contribution in [0, 0.1) is 5.92 Å². The zero-order chi connectivity index (χ0) is 34.1. The van der Waals surface area contributed by atoms with Gasteiger partial charge in [-0.05, 0) is 31.2 Å². The number of esters is 1. The number of rotatable bonds is 19. The highest BCUT2D eigenvalue weighted by Gasteiger charge is 2.34. The number of nitrogens with one attached hydrogen (secondary N) is 4. The lowest BCUT2D eigenvalue weighted by molar-refractivity contribution is -0.144. The number of alkyl halides is 1. The van der Waals surface area contributed by atoms with Crippen molar-refractivity contribution in [2.24, 2.45) is 5.92 Å². The predicted molar refractivity (Wildman–Crippen MR) is 155 cm³/mol. The number of hydrogen-bond donors (Lipinski definition) is 6. The van der Waals surface area contributed by atoms with Gasteiger partial charge >= 0.3 is 18.0 Å². The van der Waals surface area contributed by atoms with Crippen molar-refractivity contribution in [2.45, 2.75) is 83.3 Å². The average molecular weight is 641 g/mol. The Morgan fingerprint density at radius 3 is 1.98 bits per heavy atom. The summed E-state index contributed by atoms with van der Waals surface area (Å²) >= 11 is 0. The van der Waals surface area contributed by atoms with Gasteiger partial charge in [-0.25, -0.2) is 9.18 Å². The fraction of sp³-hybridized carbons (Fsp3) is 0.552. The summed E-state index contributed by atoms with van der Waals surface area (Å²) in [5, 5.41) is 28.5. The lowest BCUT2D eigenvalue weighted by Gasteiger charge is -2.27. The minimum Gasteiger partial charge on any atom is -0.481 e. The smallest absolute Gasteiger partial charge is 0.408 e. The number of Topliss-reactive ketones (excluding diaryl/α,β-unsaturated/α-hetero) is 1. The van der Waals surface area contributed by atoms with Crippen molar-refractivity contribution in [1.82, 2.24) is 21.3 Å². The number of ketones is 1. The lowest BCUT2D eigenvalue weighted by Crippen LogP contribution is -2.60. The number of aliphatic hydroxyl groups is 1. The van der Waals surface area contributed by atoms with E-state index in [4.69, 9.17) is 4.74 Å². The van der Waals surface area contributed by atoms with Gasteiger partial charge in [0.2, 0.25) is 17.7 Å². The molecule has 16 heteroatoms. The van der Waals surface area contributed by atoms with Crippen LogP contribution in [0.3, 0.4) is 0 Å². The number of methoxy groups -OCH3 is 1. The van der Waals surface area contributed by atoms with Crippen LogP contribution in [0.15, 0.2) is 30.3 Å². The normalized spacial score (nSPS) is 14.1. The number of carboxylic acid groups (broad SMARTS) is 1. The molecule has 1 aromatic carbocycles. The van der Waals surface area contributed by atoms with E-state index in [-0.39, 0.29) is 18.9 Å². The van der Waals surface area contributed by atoms with Crippen LogP contribution in [0.2, 0.25) is 0 Å². The summed E-state index contributed by atoms with van der Waals surface area (Å²) in [6, 6.07) is 2.56. The van der Waals surface area contributed by atoms with Crippen molar-refractivity contribution in [2.75, 3.05) is 13.8 Å². The molecule has 15 nitrogen and oxygen atoms in total. The van der Waals surface area contributed by atoms with Gasteiger partial charge in [-0.15, -0.1) is 0 Å². The van der Waals surface area contributed by atoms with Crippen molar-refractivity contribution in [3.05, 3.63) is 35.9 Å². The quantitative estimate of drug-likeness (QED) is 0.111. The lowest BCUT2D eigenvalue weighted by atomic mass is 10.0. The minimum absolute atomic E-state index is 0.0768. The Balaban J connectivity index is 3.09. The first-order chi connectivity index (χ1) is 21.2. The molecule has 0 radical (unpaired) electrons. The number of amides is 4. The highest BCUT2D eigenvalue weighted by Crippen LogP contribution is 2.09. The van der Waals surface area contributed by atoms with Crippen LogP contribution in [0.4, 0.5) is 9.18 Å². The Labute approximate surface area is 259 Å². The predicted octanol–water partition coefficient (Wildman–Crippen LogP) is 0.129. The standard InChI is InChI=1S/C29H41FN4O11/c1-16(2)12-21(33-29(43)45-15-18-8-6-5-7-9-18)27(41)31-19(10-11-23(37)38)26(40)34-25(17(3)35)28(42)32-20(22(36)14-30)13-24(39)44-4/h5-9,16-17,19-21,25,35H,10-15H2,1-4H3,(H,31,41)(H,32,42)(H,33,43)(H,34,40)(H,37,38)/t17-,19+,20+,21+,25+/m1/s1. The van der Waals surface area contributed by atoms with Gasteiger partial charge in [0.25, 0.3) is 0 Å². The molecule has 0 unspecified atom stereocenters. The summed E-state index contributed by atoms with van der Waals surface area (Å²) in [5.41, 5.74) is 0.699. The van der Waals surface area contributed by atoms with E-state index in [0.29, 0.717) is 5.56 Å². The first-order valence-corrected chi connectivity index (χ1v) is 14.1. The molecule has 5 atom stereocenters. The fourth-order valence-corrected chi connectivity index (χ4v) is 3.93. The Bertz CT molecular complexity index is 1180. The maximum absolute atomic E-state index is 13.2. The Kier molecular flexibility index (Phi) is 16.8. The molecule has 6 N–H and O–H groups in total. The average Bonchev–Trinajstić information content (AvgIpc) is 2.99. The van der Waals surface area contributed by atoms with Crippen LogP contribution in [-0.2, 0) is 44.8 Å². The van der Waals surface area contributed by atoms with Crippen LogP contribution in [0.1, 0.15) is 52.0 Å². The summed E-state index contributed by atoms with van der Waals surface area (Å²) in [7, 11) is 1.01. The molecule has 0 spiro atoms. The van der Waals surface area contributed by atoms with Gasteiger partial charge in [0.1, 0.15) is 37.4 Å². The van der Waals surface area contributed by atoms with E-state index in [2.05, 4.69) is 26.0 Å². The molecule has 0 heterocycles. The van der Waals surface area contributed by atoms with Crippen molar-refractivity contribution in [1.29, 1.82) is 0 Å². The molecule has 0 saturated carbocycles. The second-order valence-electron chi connectivity index (χ2n) is 10.6. The Morgan fingerprint density at radius 1 is 0.844 bits per heavy atom. The summed E-state index contributed by atoms with van der Waals surface area (Å²) in [6.07, 6.45) is -4.15. The number of carbonyl (C=O) groups excluding carboxylic acids is 6. The number of hydrogen-bond acceptors (Lipinski definition) is 10. The molecule has 0 fully saturated rings. The highest BCUT2D eigenvalue weighted by atomic mass is 19.1. The second-order valence-corrected chi connectivity index (χ2v) is 10.6. The molecular formula is C29H41FN4O11. The largest absolute Gasteiger partial charge is 0.481 e. The van der Waals surface area contributed by atoms with Gasteiger partial charge in [0, 0.05) is 6.42 Å². The number of ether oxygens (including phenoxy) is 2. The van der Waals surface area contributed by atoms with Crippen molar-refractivity contribution in [3.63, 3.8) is 0 Å². The first-order valence-electron chi connectivity index (χ1n) is 14.1. The van der Waals surface area contributed by atoms with Crippen LogP contribution in [-0.4, -0.2) is 95.8 Å². The van der Waals surface area contributed by atoms with E-state index in [1.165, 1.54) is 0 Å². The third kappa shape index (κ3) is 14.6. The van der Waals surface area contributed by atoms with Gasteiger partial charge in [0.15, 0.2) is 5.78 Å². The summed E-state index contributed by atoms with van der Waals surface area (Å²) in [5.74, 6) is -6.62. The molecular weight excluding hydrogens is 599 g/mol. The van der Waals surface area contributed by atoms with E-state index in [1.807, 2.05) is 0 Å². The molecule has 1 aromatic rings. The van der Waals surface area contributed by atoms with Gasteiger partial charge in [-0.3, -0.25) is 28.8 Å². The minimum atomic E-state index is -1.77. The van der Waals surface area contributed by atoms with Crippen LogP contribution >= 0.6 is 0 Å². The number of alkyl carbamates (subject to hydrolysis) is 1. The maximum atomic E-state index is 13.2. The number of halogens is 1. The SMILES string of the molecule is COC(=O)C[C@H](NC(=O)[C@@H](NC(=O)[C@H](CCC(=O)O)NC(=O)[C@H](CC(C)C)NC(=O)OCc1ccccc1)[C@@H](C)O)C(=O)CF. The number of benzene rings is 1. The van der Waals surface area contributed by atoms with Crippen LogP contribution in [0.5, 0.6) is 0 Å². The maximum Gasteiger partial charge on any atom is 0.408 e. The number of carbonyl (C=O) groups is 7. The zero-order valence-corrected chi connectivity index (χ0v) is 25.5. The van der Waals surface area contributed by atoms with E-state index in [0.717, 1.165) is 14.0 Å². The molecule has 0 aromatic heterocycles. The summed E-state index contributed by atoms with van der Waals surface area (Å²) < 4.78 is 22.7. The molecule has 0 aliphatic heterocycles. The Morgan fingerprint density at radius 2 is 1.44 bits per heavy atom. The molecule has 250 valence electrons. The van der Waals surface area contributed by atoms with Crippen molar-refractivity contribution >= 4 is 41.5 Å². The zero-order valence-electron chi connectivity index (χ0n) is 25.5. The van der Waals surface area contributed by atoms with Gasteiger partial charge in [-0.1, -0.05) is 44.2 Å². The van der Waals surface area contributed by atoms with E-state index in [9.17, 15) is 48.2 Å². The Hall–Kier alpha value is -4.60. The van der Waals surface area contributed by atoms with Crippen LogP contribution < -0.4 is 21.3 Å². The second kappa shape index (κ2) is 19.6. The van der Waals surface area contributed by atoms with Gasteiger partial charge in [0.05, 0.1) is 19.6 Å². The third-order valence-electron chi connectivity index (χ3n) is 6.31. The van der Waals surface area contributed by atoms with Crippen molar-refractivity contribution < 1.29 is 57.6 Å². The van der Waals surface area contributed by atoms with Crippen molar-refractivity contribution in [3.8, 4) is 0 Å². The highest BCUT2D eigenvalue weighted by molar-refractivity contribution is 5.97. The summed E-state index contributed by atoms with van der Waals surface area (Å²) in [6.45, 7) is 3.07. The van der Waals surface area contributed by atoms with E-state index >= 15 is 0 Å². The molecule has 1 rings (SSSR count). The van der Waals surface area contributed by atoms with Gasteiger partial charge < -0.3 is 41.0 Å². The molecule has 0 saturated heterocycles. The topological polar surface area (TPSA) is 227 Å². The molecule has 0 aliphatic carbocycles.